The molecule has 168 valence electrons. The maximum Gasteiger partial charge on any atom is 0.148 e. The van der Waals surface area contributed by atoms with Gasteiger partial charge in [-0.2, -0.15) is 0 Å². The Morgan fingerprint density at radius 3 is 2.31 bits per heavy atom. The molecule has 5 rings (SSSR count). The van der Waals surface area contributed by atoms with E-state index < -0.39 is 0 Å². The molecular weight excluding hydrogens is 438 g/mol. The lowest BCUT2D eigenvalue weighted by molar-refractivity contribution is 0.146. The van der Waals surface area contributed by atoms with Crippen LogP contribution in [-0.4, -0.2) is 58.4 Å². The molecule has 0 saturated carbocycles. The van der Waals surface area contributed by atoms with Crippen LogP contribution in [0.4, 0.5) is 5.82 Å². The Kier molecular flexibility index (Phi) is 6.83. The van der Waals surface area contributed by atoms with Crippen LogP contribution in [0.3, 0.4) is 0 Å². The molecule has 3 aromatic rings. The van der Waals surface area contributed by atoms with Gasteiger partial charge in [0, 0.05) is 54.6 Å². The van der Waals surface area contributed by atoms with E-state index in [0.29, 0.717) is 0 Å². The largest absolute Gasteiger partial charge is 0.356 e. The van der Waals surface area contributed by atoms with Crippen molar-refractivity contribution in [2.24, 2.45) is 0 Å². The van der Waals surface area contributed by atoms with Gasteiger partial charge in [-0.15, -0.1) is 0 Å². The molecule has 1 atom stereocenters. The van der Waals surface area contributed by atoms with Crippen molar-refractivity contribution in [2.75, 3.05) is 44.2 Å². The summed E-state index contributed by atoms with van der Waals surface area (Å²) in [7, 11) is 0. The van der Waals surface area contributed by atoms with E-state index in [4.69, 9.17) is 21.6 Å². The van der Waals surface area contributed by atoms with Crippen molar-refractivity contribution in [2.45, 2.75) is 37.1 Å². The van der Waals surface area contributed by atoms with Crippen molar-refractivity contribution < 1.29 is 0 Å². The number of hydrogen-bond donors (Lipinski definition) is 0. The molecule has 0 aliphatic carbocycles. The van der Waals surface area contributed by atoms with Gasteiger partial charge in [0.15, 0.2) is 0 Å². The van der Waals surface area contributed by atoms with Crippen LogP contribution in [0.5, 0.6) is 0 Å². The Hall–Kier alpha value is -1.86. The highest BCUT2D eigenvalue weighted by Crippen LogP contribution is 2.31. The van der Waals surface area contributed by atoms with Gasteiger partial charge in [-0.1, -0.05) is 23.7 Å². The van der Waals surface area contributed by atoms with E-state index >= 15 is 0 Å². The van der Waals surface area contributed by atoms with E-state index in [-0.39, 0.29) is 6.04 Å². The highest BCUT2D eigenvalue weighted by atomic mass is 35.5. The molecule has 2 aliphatic rings. The number of piperazine rings is 1. The zero-order valence-electron chi connectivity index (χ0n) is 18.6. The number of piperidine rings is 1. The average molecular weight is 468 g/mol. The van der Waals surface area contributed by atoms with Crippen molar-refractivity contribution in [3.05, 3.63) is 59.4 Å². The van der Waals surface area contributed by atoms with E-state index in [0.717, 1.165) is 61.5 Å². The van der Waals surface area contributed by atoms with Gasteiger partial charge in [-0.3, -0.25) is 4.90 Å². The molecule has 3 heterocycles. The summed E-state index contributed by atoms with van der Waals surface area (Å²) >= 11 is 7.84. The second-order valence-corrected chi connectivity index (χ2v) is 10.3. The molecule has 5 nitrogen and oxygen atoms in total. The fraction of sp³-hybridized carbons (Fsp3) is 0.440. The Labute approximate surface area is 199 Å². The highest BCUT2D eigenvalue weighted by Gasteiger charge is 2.26. The Morgan fingerprint density at radius 2 is 1.56 bits per heavy atom. The first kappa shape index (κ1) is 22.0. The van der Waals surface area contributed by atoms with Crippen molar-refractivity contribution in [3.8, 4) is 0 Å². The molecule has 7 heteroatoms. The normalized spacial score (nSPS) is 19.4. The number of aromatic nitrogens is 2. The molecule has 0 N–H and O–H groups in total. The zero-order valence-corrected chi connectivity index (χ0v) is 20.2. The van der Waals surface area contributed by atoms with E-state index in [9.17, 15) is 0 Å². The molecule has 0 spiro atoms. The Bertz CT molecular complexity index is 1050. The molecule has 1 unspecified atom stereocenters. The third-order valence-corrected chi connectivity index (χ3v) is 7.86. The number of para-hydroxylation sites is 1. The Balaban J connectivity index is 1.30. The fourth-order valence-corrected chi connectivity index (χ4v) is 5.63. The van der Waals surface area contributed by atoms with Gasteiger partial charge >= 0.3 is 0 Å². The molecule has 0 radical (unpaired) electrons. The number of benzene rings is 2. The van der Waals surface area contributed by atoms with Gasteiger partial charge in [0.2, 0.25) is 0 Å². The highest BCUT2D eigenvalue weighted by molar-refractivity contribution is 7.97. The minimum Gasteiger partial charge on any atom is -0.356 e. The molecule has 2 fully saturated rings. The molecule has 0 bridgehead atoms. The summed E-state index contributed by atoms with van der Waals surface area (Å²) in [6.45, 7) is 8.50. The van der Waals surface area contributed by atoms with Crippen LogP contribution in [0, 0.1) is 0 Å². The zero-order chi connectivity index (χ0) is 21.9. The quantitative estimate of drug-likeness (QED) is 0.450. The smallest absolute Gasteiger partial charge is 0.148 e. The number of nitrogens with zero attached hydrogens (tertiary/aromatic N) is 5. The lowest BCUT2D eigenvalue weighted by atomic mass is 10.1. The van der Waals surface area contributed by atoms with E-state index in [1.807, 2.05) is 24.1 Å². The second kappa shape index (κ2) is 9.96. The summed E-state index contributed by atoms with van der Waals surface area (Å²) in [5, 5.41) is 1.96. The van der Waals surface area contributed by atoms with Crippen LogP contribution in [0.15, 0.2) is 53.4 Å². The molecule has 0 amide bonds. The van der Waals surface area contributed by atoms with Crippen LogP contribution in [-0.2, 0) is 0 Å². The first-order chi connectivity index (χ1) is 15.7. The van der Waals surface area contributed by atoms with Gasteiger partial charge in [-0.05, 0) is 74.5 Å². The lowest BCUT2D eigenvalue weighted by Gasteiger charge is -2.37. The standard InChI is InChI=1S/C25H30ClN5S/c1-19(29-15-17-31(18-16-29)32-21-11-9-20(26)10-12-21)24-27-23-8-4-3-7-22(23)25(28-24)30-13-5-2-6-14-30/h3-4,7-12,19H,2,5-6,13-18H2,1H3. The summed E-state index contributed by atoms with van der Waals surface area (Å²) in [6.07, 6.45) is 3.81. The average Bonchev–Trinajstić information content (AvgIpc) is 2.85. The summed E-state index contributed by atoms with van der Waals surface area (Å²) in [5.41, 5.74) is 1.06. The van der Waals surface area contributed by atoms with Crippen molar-refractivity contribution in [1.82, 2.24) is 19.2 Å². The van der Waals surface area contributed by atoms with Gasteiger partial charge in [0.1, 0.15) is 11.6 Å². The van der Waals surface area contributed by atoms with Crippen molar-refractivity contribution in [1.29, 1.82) is 0 Å². The molecule has 1 aromatic heterocycles. The topological polar surface area (TPSA) is 35.5 Å². The maximum absolute atomic E-state index is 6.02. The lowest BCUT2D eigenvalue weighted by Crippen LogP contribution is -2.44. The summed E-state index contributed by atoms with van der Waals surface area (Å²) in [6, 6.07) is 16.8. The fourth-order valence-electron chi connectivity index (χ4n) is 4.60. The molecular formula is C25H30ClN5S. The van der Waals surface area contributed by atoms with E-state index in [1.165, 1.54) is 29.5 Å². The molecule has 2 aliphatic heterocycles. The van der Waals surface area contributed by atoms with Gasteiger partial charge < -0.3 is 4.90 Å². The number of halogens is 1. The number of rotatable bonds is 5. The van der Waals surface area contributed by atoms with Crippen LogP contribution in [0.25, 0.3) is 10.9 Å². The third-order valence-electron chi connectivity index (χ3n) is 6.50. The maximum atomic E-state index is 6.02. The third kappa shape index (κ3) is 4.88. The van der Waals surface area contributed by atoms with Gasteiger partial charge in [0.05, 0.1) is 11.6 Å². The number of hydrogen-bond acceptors (Lipinski definition) is 6. The number of fused-ring (bicyclic) bond motifs is 1. The molecule has 2 aromatic carbocycles. The first-order valence-corrected chi connectivity index (χ1v) is 12.8. The monoisotopic (exact) mass is 467 g/mol. The minimum atomic E-state index is 0.200. The summed E-state index contributed by atoms with van der Waals surface area (Å²) in [4.78, 5) is 16.3. The summed E-state index contributed by atoms with van der Waals surface area (Å²) in [5.74, 6) is 2.07. The molecule has 32 heavy (non-hydrogen) atoms. The Morgan fingerprint density at radius 1 is 0.844 bits per heavy atom. The van der Waals surface area contributed by atoms with Crippen LogP contribution in [0.1, 0.15) is 38.1 Å². The second-order valence-electron chi connectivity index (χ2n) is 8.66. The van der Waals surface area contributed by atoms with E-state index in [2.05, 4.69) is 57.4 Å². The first-order valence-electron chi connectivity index (χ1n) is 11.6. The predicted octanol–water partition coefficient (Wildman–Crippen LogP) is 5.66. The molecule has 2 saturated heterocycles. The van der Waals surface area contributed by atoms with Crippen molar-refractivity contribution >= 4 is 40.3 Å². The minimum absolute atomic E-state index is 0.200. The van der Waals surface area contributed by atoms with Crippen LogP contribution >= 0.6 is 23.5 Å². The SMILES string of the molecule is CC(c1nc(N2CCCCC2)c2ccccc2n1)N1CCN(Sc2ccc(Cl)cc2)CC1. The number of anilines is 1. The van der Waals surface area contributed by atoms with E-state index in [1.54, 1.807) is 0 Å². The van der Waals surface area contributed by atoms with Gasteiger partial charge in [-0.25, -0.2) is 14.3 Å². The van der Waals surface area contributed by atoms with Crippen molar-refractivity contribution in [3.63, 3.8) is 0 Å². The van der Waals surface area contributed by atoms with Gasteiger partial charge in [0.25, 0.3) is 0 Å². The van der Waals surface area contributed by atoms with Crippen LogP contribution in [0.2, 0.25) is 5.02 Å². The summed E-state index contributed by atoms with van der Waals surface area (Å²) < 4.78 is 2.44. The van der Waals surface area contributed by atoms with Crippen LogP contribution < -0.4 is 4.90 Å². The predicted molar refractivity (Wildman–Crippen MR) is 134 cm³/mol.